The molecule has 0 aliphatic rings. The minimum atomic E-state index is 0.517. The largest absolute Gasteiger partial charge is 0.382 e. The van der Waals surface area contributed by atoms with Crippen LogP contribution in [0, 0.1) is 6.92 Å². The number of aromatic nitrogens is 3. The van der Waals surface area contributed by atoms with Gasteiger partial charge in [-0.3, -0.25) is 0 Å². The lowest BCUT2D eigenvalue weighted by atomic mass is 10.7. The molecule has 2 rings (SSSR count). The summed E-state index contributed by atoms with van der Waals surface area (Å²) in [6, 6.07) is 1.75. The lowest BCUT2D eigenvalue weighted by Gasteiger charge is -1.91. The lowest BCUT2D eigenvalue weighted by Crippen LogP contribution is -1.94. The molecular formula is C7H8N4S. The number of nitrogens with two attached hydrogens (primary N) is 1. The predicted octanol–water partition coefficient (Wildman–Crippen LogP) is 1.22. The zero-order valence-corrected chi connectivity index (χ0v) is 7.38. The molecule has 2 heterocycles. The van der Waals surface area contributed by atoms with Crippen molar-refractivity contribution >= 4 is 17.2 Å². The topological polar surface area (TPSA) is 56.7 Å². The van der Waals surface area contributed by atoms with Crippen molar-refractivity contribution in [2.45, 2.75) is 6.92 Å². The number of anilines is 1. The monoisotopic (exact) mass is 180 g/mol. The molecule has 0 unspecified atom stereocenters. The van der Waals surface area contributed by atoms with Crippen LogP contribution in [-0.2, 0) is 0 Å². The highest BCUT2D eigenvalue weighted by atomic mass is 32.1. The quantitative estimate of drug-likeness (QED) is 0.717. The van der Waals surface area contributed by atoms with Crippen molar-refractivity contribution < 1.29 is 0 Å². The third kappa shape index (κ3) is 1.18. The highest BCUT2D eigenvalue weighted by molar-refractivity contribution is 7.13. The zero-order valence-electron chi connectivity index (χ0n) is 6.56. The van der Waals surface area contributed by atoms with Crippen LogP contribution in [0.5, 0.6) is 0 Å². The number of nitrogen functional groups attached to an aromatic ring is 1. The van der Waals surface area contributed by atoms with E-state index < -0.39 is 0 Å². The van der Waals surface area contributed by atoms with Gasteiger partial charge in [-0.2, -0.15) is 0 Å². The highest BCUT2D eigenvalue weighted by Crippen LogP contribution is 2.15. The molecule has 0 atom stereocenters. The van der Waals surface area contributed by atoms with E-state index in [0.717, 1.165) is 5.13 Å². The molecule has 2 aromatic rings. The summed E-state index contributed by atoms with van der Waals surface area (Å²) in [7, 11) is 0. The predicted molar refractivity (Wildman–Crippen MR) is 48.4 cm³/mol. The summed E-state index contributed by atoms with van der Waals surface area (Å²) in [6.07, 6.45) is 3.62. The van der Waals surface area contributed by atoms with Gasteiger partial charge in [0.15, 0.2) is 0 Å². The van der Waals surface area contributed by atoms with E-state index in [0.29, 0.717) is 5.82 Å². The van der Waals surface area contributed by atoms with E-state index in [-0.39, 0.29) is 0 Å². The molecule has 4 nitrogen and oxygen atoms in total. The van der Waals surface area contributed by atoms with Crippen molar-refractivity contribution in [2.75, 3.05) is 5.73 Å². The van der Waals surface area contributed by atoms with E-state index in [4.69, 9.17) is 5.73 Å². The molecule has 12 heavy (non-hydrogen) atoms. The molecule has 0 bridgehead atoms. The summed E-state index contributed by atoms with van der Waals surface area (Å²) >= 11 is 1.59. The molecule has 0 aliphatic heterocycles. The van der Waals surface area contributed by atoms with Crippen LogP contribution in [0.1, 0.15) is 4.88 Å². The van der Waals surface area contributed by atoms with Crippen LogP contribution in [0.3, 0.4) is 0 Å². The third-order valence-corrected chi connectivity index (χ3v) is 2.32. The molecule has 5 heteroatoms. The Hall–Kier alpha value is -1.36. The Morgan fingerprint density at radius 3 is 2.92 bits per heavy atom. The van der Waals surface area contributed by atoms with E-state index in [9.17, 15) is 0 Å². The van der Waals surface area contributed by atoms with Gasteiger partial charge in [0, 0.05) is 23.3 Å². The molecule has 0 fully saturated rings. The molecule has 2 aromatic heterocycles. The van der Waals surface area contributed by atoms with Crippen molar-refractivity contribution in [3.8, 4) is 5.13 Å². The molecule has 0 amide bonds. The molecule has 62 valence electrons. The molecule has 2 N–H and O–H groups in total. The summed E-state index contributed by atoms with van der Waals surface area (Å²) in [6.45, 7) is 2.01. The SMILES string of the molecule is Cc1cnc(-n2ccc(N)n2)s1. The Bertz CT molecular complexity index is 351. The first-order valence-electron chi connectivity index (χ1n) is 3.49. The van der Waals surface area contributed by atoms with Gasteiger partial charge < -0.3 is 5.73 Å². The maximum absolute atomic E-state index is 5.47. The van der Waals surface area contributed by atoms with Gasteiger partial charge in [0.2, 0.25) is 5.13 Å². The van der Waals surface area contributed by atoms with Gasteiger partial charge in [0.25, 0.3) is 0 Å². The molecule has 0 aliphatic carbocycles. The average Bonchev–Trinajstić information content (AvgIpc) is 2.58. The smallest absolute Gasteiger partial charge is 0.210 e. The van der Waals surface area contributed by atoms with Crippen LogP contribution in [0.4, 0.5) is 5.82 Å². The third-order valence-electron chi connectivity index (χ3n) is 1.41. The Morgan fingerprint density at radius 1 is 1.58 bits per heavy atom. The molecule has 0 aromatic carbocycles. The maximum atomic E-state index is 5.47. The minimum absolute atomic E-state index is 0.517. The maximum Gasteiger partial charge on any atom is 0.210 e. The van der Waals surface area contributed by atoms with Gasteiger partial charge in [0.1, 0.15) is 5.82 Å². The number of hydrogen-bond acceptors (Lipinski definition) is 4. The summed E-state index contributed by atoms with van der Waals surface area (Å²) < 4.78 is 1.67. The first-order valence-corrected chi connectivity index (χ1v) is 4.31. The van der Waals surface area contributed by atoms with Crippen LogP contribution < -0.4 is 5.73 Å². The zero-order chi connectivity index (χ0) is 8.55. The number of nitrogens with zero attached hydrogens (tertiary/aromatic N) is 3. The minimum Gasteiger partial charge on any atom is -0.382 e. The first-order chi connectivity index (χ1) is 5.75. The number of aryl methyl sites for hydroxylation is 1. The molecule has 0 radical (unpaired) electrons. The Morgan fingerprint density at radius 2 is 2.42 bits per heavy atom. The van der Waals surface area contributed by atoms with Gasteiger partial charge >= 0.3 is 0 Å². The first kappa shape index (κ1) is 7.30. The van der Waals surface area contributed by atoms with Crippen molar-refractivity contribution in [1.82, 2.24) is 14.8 Å². The van der Waals surface area contributed by atoms with E-state index in [1.54, 1.807) is 28.3 Å². The van der Waals surface area contributed by atoms with Crippen molar-refractivity contribution in [2.24, 2.45) is 0 Å². The fraction of sp³-hybridized carbons (Fsp3) is 0.143. The average molecular weight is 180 g/mol. The van der Waals surface area contributed by atoms with Crippen molar-refractivity contribution in [3.05, 3.63) is 23.3 Å². The van der Waals surface area contributed by atoms with E-state index in [1.807, 2.05) is 13.1 Å². The molecular weight excluding hydrogens is 172 g/mol. The van der Waals surface area contributed by atoms with E-state index in [2.05, 4.69) is 10.1 Å². The standard InChI is InChI=1S/C7H8N4S/c1-5-4-9-7(12-5)11-3-2-6(8)10-11/h2-4H,1H3,(H2,8,10). The molecule has 0 spiro atoms. The van der Waals surface area contributed by atoms with Crippen LogP contribution in [0.25, 0.3) is 5.13 Å². The van der Waals surface area contributed by atoms with Gasteiger partial charge in [-0.15, -0.1) is 16.4 Å². The Kier molecular flexibility index (Phi) is 1.58. The van der Waals surface area contributed by atoms with Gasteiger partial charge in [-0.1, -0.05) is 0 Å². The van der Waals surface area contributed by atoms with E-state index >= 15 is 0 Å². The second-order valence-electron chi connectivity index (χ2n) is 2.44. The lowest BCUT2D eigenvalue weighted by molar-refractivity contribution is 0.874. The molecule has 0 saturated heterocycles. The number of thiazole rings is 1. The fourth-order valence-electron chi connectivity index (χ4n) is 0.893. The number of rotatable bonds is 1. The van der Waals surface area contributed by atoms with Gasteiger partial charge in [-0.05, 0) is 6.92 Å². The van der Waals surface area contributed by atoms with Crippen LogP contribution in [0.2, 0.25) is 0 Å². The van der Waals surface area contributed by atoms with E-state index in [1.165, 1.54) is 4.88 Å². The highest BCUT2D eigenvalue weighted by Gasteiger charge is 2.01. The Labute approximate surface area is 73.7 Å². The normalized spacial score (nSPS) is 10.4. The van der Waals surface area contributed by atoms with Gasteiger partial charge in [0.05, 0.1) is 0 Å². The van der Waals surface area contributed by atoms with Crippen LogP contribution >= 0.6 is 11.3 Å². The van der Waals surface area contributed by atoms with Crippen LogP contribution in [-0.4, -0.2) is 14.8 Å². The summed E-state index contributed by atoms with van der Waals surface area (Å²) in [5.74, 6) is 0.517. The van der Waals surface area contributed by atoms with Crippen molar-refractivity contribution in [1.29, 1.82) is 0 Å². The number of hydrogen-bond donors (Lipinski definition) is 1. The second kappa shape index (κ2) is 2.60. The Balaban J connectivity index is 2.43. The fourth-order valence-corrected chi connectivity index (χ4v) is 1.59. The van der Waals surface area contributed by atoms with Crippen LogP contribution in [0.15, 0.2) is 18.5 Å². The summed E-state index contributed by atoms with van der Waals surface area (Å²) in [5, 5.41) is 4.89. The van der Waals surface area contributed by atoms with Gasteiger partial charge in [-0.25, -0.2) is 9.67 Å². The van der Waals surface area contributed by atoms with Crippen molar-refractivity contribution in [3.63, 3.8) is 0 Å². The molecule has 0 saturated carbocycles. The second-order valence-corrected chi connectivity index (χ2v) is 3.65. The summed E-state index contributed by atoms with van der Waals surface area (Å²) in [5.41, 5.74) is 5.47. The summed E-state index contributed by atoms with van der Waals surface area (Å²) in [4.78, 5) is 5.33.